The highest BCUT2D eigenvalue weighted by molar-refractivity contribution is 9.10. The Labute approximate surface area is 219 Å². The molecule has 0 aliphatic carbocycles. The summed E-state index contributed by atoms with van der Waals surface area (Å²) in [6.45, 7) is 1.78. The van der Waals surface area contributed by atoms with Crippen molar-refractivity contribution in [2.24, 2.45) is 0 Å². The smallest absolute Gasteiger partial charge is 0.328 e. The molecule has 1 atom stereocenters. The third kappa shape index (κ3) is 5.85. The summed E-state index contributed by atoms with van der Waals surface area (Å²) < 4.78 is 2.06. The van der Waals surface area contributed by atoms with Crippen molar-refractivity contribution >= 4 is 73.4 Å². The van der Waals surface area contributed by atoms with Crippen LogP contribution in [0.25, 0.3) is 10.9 Å². The number of hydrogen-bond donors (Lipinski definition) is 3. The van der Waals surface area contributed by atoms with Gasteiger partial charge in [0.2, 0.25) is 0 Å². The molecule has 0 bridgehead atoms. The lowest BCUT2D eigenvalue weighted by Gasteiger charge is -2.16. The van der Waals surface area contributed by atoms with Gasteiger partial charge >= 0.3 is 11.8 Å². The van der Waals surface area contributed by atoms with E-state index in [0.29, 0.717) is 26.6 Å². The number of benzene rings is 3. The first-order valence-electron chi connectivity index (χ1n) is 10.5. The SMILES string of the molecule is C[C@@H](NC(=O)C(=O)Nn1c(C(=O)Nc2cc(Cl)cc(Cl)c2)cc2cc(Br)ccc21)c1ccccc1. The van der Waals surface area contributed by atoms with Crippen LogP contribution >= 0.6 is 39.1 Å². The molecule has 0 fully saturated rings. The first kappa shape index (κ1) is 24.8. The van der Waals surface area contributed by atoms with Crippen molar-refractivity contribution in [3.8, 4) is 0 Å². The minimum atomic E-state index is -0.923. The number of halogens is 3. The first-order valence-corrected chi connectivity index (χ1v) is 12.0. The van der Waals surface area contributed by atoms with E-state index in [0.717, 1.165) is 10.0 Å². The van der Waals surface area contributed by atoms with Crippen molar-refractivity contribution in [1.29, 1.82) is 0 Å². The topological polar surface area (TPSA) is 92.2 Å². The van der Waals surface area contributed by atoms with Gasteiger partial charge in [0.1, 0.15) is 5.69 Å². The fourth-order valence-corrected chi connectivity index (χ4v) is 4.44. The summed E-state index contributed by atoms with van der Waals surface area (Å²) in [4.78, 5) is 38.6. The zero-order chi connectivity index (χ0) is 25.1. The molecule has 4 rings (SSSR count). The van der Waals surface area contributed by atoms with Gasteiger partial charge in [-0.25, -0.2) is 4.68 Å². The van der Waals surface area contributed by atoms with E-state index in [9.17, 15) is 14.4 Å². The molecule has 0 saturated carbocycles. The Bertz CT molecular complexity index is 1420. The van der Waals surface area contributed by atoms with Gasteiger partial charge in [0.25, 0.3) is 5.91 Å². The van der Waals surface area contributed by atoms with Gasteiger partial charge in [0.05, 0.1) is 11.6 Å². The minimum Gasteiger partial charge on any atom is -0.341 e. The number of rotatable bonds is 5. The molecule has 3 N–H and O–H groups in total. The minimum absolute atomic E-state index is 0.103. The Morgan fingerprint density at radius 1 is 0.886 bits per heavy atom. The number of amides is 3. The van der Waals surface area contributed by atoms with Crippen LogP contribution in [0.4, 0.5) is 5.69 Å². The van der Waals surface area contributed by atoms with Crippen LogP contribution in [0.1, 0.15) is 29.0 Å². The number of nitrogens with one attached hydrogen (secondary N) is 3. The molecule has 0 aliphatic rings. The second-order valence-electron chi connectivity index (χ2n) is 7.73. The molecule has 1 heterocycles. The van der Waals surface area contributed by atoms with E-state index < -0.39 is 17.7 Å². The quantitative estimate of drug-likeness (QED) is 0.259. The molecular weight excluding hydrogens is 555 g/mol. The number of carbonyl (C=O) groups excluding carboxylic acids is 3. The molecule has 0 unspecified atom stereocenters. The maximum absolute atomic E-state index is 13.1. The number of aromatic nitrogens is 1. The van der Waals surface area contributed by atoms with E-state index in [1.807, 2.05) is 30.3 Å². The summed E-state index contributed by atoms with van der Waals surface area (Å²) in [6.07, 6.45) is 0. The molecule has 10 heteroatoms. The Morgan fingerprint density at radius 2 is 1.57 bits per heavy atom. The van der Waals surface area contributed by atoms with Crippen LogP contribution in [-0.4, -0.2) is 22.4 Å². The normalized spacial score (nSPS) is 11.7. The Kier molecular flexibility index (Phi) is 7.45. The van der Waals surface area contributed by atoms with Crippen molar-refractivity contribution in [2.45, 2.75) is 13.0 Å². The van der Waals surface area contributed by atoms with E-state index in [1.54, 1.807) is 49.4 Å². The molecule has 35 heavy (non-hydrogen) atoms. The molecule has 7 nitrogen and oxygen atoms in total. The molecular formula is C25H19BrCl2N4O3. The van der Waals surface area contributed by atoms with Gasteiger partial charge in [-0.1, -0.05) is 69.5 Å². The molecule has 0 radical (unpaired) electrons. The number of carbonyl (C=O) groups is 3. The highest BCUT2D eigenvalue weighted by Crippen LogP contribution is 2.26. The van der Waals surface area contributed by atoms with E-state index in [1.165, 1.54) is 4.68 Å². The monoisotopic (exact) mass is 572 g/mol. The fourth-order valence-electron chi connectivity index (χ4n) is 3.53. The largest absolute Gasteiger partial charge is 0.341 e. The highest BCUT2D eigenvalue weighted by Gasteiger charge is 2.22. The average molecular weight is 574 g/mol. The van der Waals surface area contributed by atoms with Crippen LogP contribution in [0, 0.1) is 0 Å². The maximum atomic E-state index is 13.1. The van der Waals surface area contributed by atoms with Gasteiger partial charge < -0.3 is 10.6 Å². The number of hydrogen-bond acceptors (Lipinski definition) is 3. The summed E-state index contributed by atoms with van der Waals surface area (Å²) in [5.41, 5.74) is 4.40. The van der Waals surface area contributed by atoms with E-state index >= 15 is 0 Å². The zero-order valence-electron chi connectivity index (χ0n) is 18.3. The molecule has 3 aromatic carbocycles. The third-order valence-corrected chi connectivity index (χ3v) is 6.11. The fraction of sp³-hybridized carbons (Fsp3) is 0.0800. The highest BCUT2D eigenvalue weighted by atomic mass is 79.9. The van der Waals surface area contributed by atoms with Crippen LogP contribution in [0.3, 0.4) is 0 Å². The number of nitrogens with zero attached hydrogens (tertiary/aromatic N) is 1. The summed E-state index contributed by atoms with van der Waals surface area (Å²) in [6, 6.07) is 20.4. The van der Waals surface area contributed by atoms with Crippen LogP contribution in [0.15, 0.2) is 77.3 Å². The van der Waals surface area contributed by atoms with E-state index in [2.05, 4.69) is 32.0 Å². The summed E-state index contributed by atoms with van der Waals surface area (Å²) in [5.74, 6) is -2.30. The predicted octanol–water partition coefficient (Wildman–Crippen LogP) is 5.91. The molecule has 178 valence electrons. The van der Waals surface area contributed by atoms with Crippen LogP contribution in [0.2, 0.25) is 10.0 Å². The van der Waals surface area contributed by atoms with Crippen molar-refractivity contribution in [2.75, 3.05) is 10.7 Å². The van der Waals surface area contributed by atoms with Crippen molar-refractivity contribution in [3.05, 3.63) is 98.6 Å². The van der Waals surface area contributed by atoms with Gasteiger partial charge in [0, 0.05) is 25.6 Å². The molecule has 3 amide bonds. The lowest BCUT2D eigenvalue weighted by molar-refractivity contribution is -0.137. The first-order chi connectivity index (χ1) is 16.7. The van der Waals surface area contributed by atoms with Crippen molar-refractivity contribution < 1.29 is 14.4 Å². The van der Waals surface area contributed by atoms with Gasteiger partial charge in [-0.05, 0) is 55.0 Å². The van der Waals surface area contributed by atoms with Crippen LogP contribution in [0.5, 0.6) is 0 Å². The molecule has 1 aromatic heterocycles. The zero-order valence-corrected chi connectivity index (χ0v) is 21.4. The predicted molar refractivity (Wildman–Crippen MR) is 141 cm³/mol. The van der Waals surface area contributed by atoms with Crippen molar-refractivity contribution in [1.82, 2.24) is 9.99 Å². The third-order valence-electron chi connectivity index (χ3n) is 5.18. The van der Waals surface area contributed by atoms with Gasteiger partial charge in [-0.2, -0.15) is 0 Å². The molecule has 0 saturated heterocycles. The summed E-state index contributed by atoms with van der Waals surface area (Å²) in [5, 5.41) is 6.77. The summed E-state index contributed by atoms with van der Waals surface area (Å²) in [7, 11) is 0. The average Bonchev–Trinajstić information content (AvgIpc) is 3.16. The standard InChI is InChI=1S/C25H19BrCl2N4O3/c1-14(15-5-3-2-4-6-15)29-24(34)25(35)31-32-21-8-7-17(26)9-16(21)10-22(32)23(33)30-20-12-18(27)11-19(28)13-20/h2-14H,1H3,(H,29,34)(H,30,33)(H,31,35)/t14-/m1/s1. The Morgan fingerprint density at radius 3 is 2.26 bits per heavy atom. The lowest BCUT2D eigenvalue weighted by Crippen LogP contribution is -2.40. The van der Waals surface area contributed by atoms with E-state index in [4.69, 9.17) is 23.2 Å². The van der Waals surface area contributed by atoms with E-state index in [-0.39, 0.29) is 11.7 Å². The van der Waals surface area contributed by atoms with Crippen LogP contribution < -0.4 is 16.1 Å². The van der Waals surface area contributed by atoms with Gasteiger partial charge in [-0.15, -0.1) is 0 Å². The second kappa shape index (κ2) is 10.5. The van der Waals surface area contributed by atoms with Crippen LogP contribution in [-0.2, 0) is 9.59 Å². The summed E-state index contributed by atoms with van der Waals surface area (Å²) >= 11 is 15.5. The molecule has 4 aromatic rings. The molecule has 0 spiro atoms. The maximum Gasteiger partial charge on any atom is 0.328 e. The Balaban J connectivity index is 1.60. The molecule has 0 aliphatic heterocycles. The Hall–Kier alpha value is -3.33. The second-order valence-corrected chi connectivity index (χ2v) is 9.52. The lowest BCUT2D eigenvalue weighted by atomic mass is 10.1. The van der Waals surface area contributed by atoms with Crippen molar-refractivity contribution in [3.63, 3.8) is 0 Å². The van der Waals surface area contributed by atoms with Gasteiger partial charge in [0.15, 0.2) is 0 Å². The number of anilines is 1. The number of fused-ring (bicyclic) bond motifs is 1. The van der Waals surface area contributed by atoms with Gasteiger partial charge in [-0.3, -0.25) is 19.8 Å².